The summed E-state index contributed by atoms with van der Waals surface area (Å²) in [6.07, 6.45) is 1.46. The summed E-state index contributed by atoms with van der Waals surface area (Å²) in [6, 6.07) is 4.99. The van der Waals surface area contributed by atoms with Crippen LogP contribution in [-0.4, -0.2) is 18.3 Å². The van der Waals surface area contributed by atoms with Gasteiger partial charge in [-0.05, 0) is 40.9 Å². The highest BCUT2D eigenvalue weighted by molar-refractivity contribution is 9.10. The Morgan fingerprint density at radius 1 is 1.44 bits per heavy atom. The summed E-state index contributed by atoms with van der Waals surface area (Å²) < 4.78 is 13.8. The number of aliphatic hydroxyl groups is 1. The Morgan fingerprint density at radius 3 is 2.81 bits per heavy atom. The van der Waals surface area contributed by atoms with Crippen molar-refractivity contribution in [1.29, 1.82) is 5.26 Å². The molecule has 5 heteroatoms. The van der Waals surface area contributed by atoms with Crippen LogP contribution < -0.4 is 5.32 Å². The van der Waals surface area contributed by atoms with E-state index in [1.54, 1.807) is 6.07 Å². The molecule has 0 saturated heterocycles. The number of nitrogens with zero attached hydrogens (tertiary/aromatic N) is 1. The van der Waals surface area contributed by atoms with Crippen LogP contribution in [0.2, 0.25) is 0 Å². The molecule has 0 aliphatic carbocycles. The lowest BCUT2D eigenvalue weighted by Gasteiger charge is -2.08. The van der Waals surface area contributed by atoms with E-state index in [1.165, 1.54) is 6.07 Å². The van der Waals surface area contributed by atoms with Gasteiger partial charge in [0.2, 0.25) is 0 Å². The van der Waals surface area contributed by atoms with Crippen LogP contribution in [0.4, 0.5) is 10.1 Å². The second-order valence-corrected chi connectivity index (χ2v) is 4.05. The largest absolute Gasteiger partial charge is 0.396 e. The number of hydrogen-bond donors (Lipinski definition) is 2. The Hall–Kier alpha value is -1.12. The molecule has 1 aromatic rings. The molecular formula is C11H12BrFN2O. The van der Waals surface area contributed by atoms with E-state index in [9.17, 15) is 4.39 Å². The van der Waals surface area contributed by atoms with Gasteiger partial charge in [0, 0.05) is 13.2 Å². The van der Waals surface area contributed by atoms with Crippen molar-refractivity contribution < 1.29 is 9.50 Å². The molecule has 0 bridgehead atoms. The zero-order chi connectivity index (χ0) is 12.0. The van der Waals surface area contributed by atoms with Gasteiger partial charge in [-0.1, -0.05) is 0 Å². The number of hydrogen-bond acceptors (Lipinski definition) is 3. The molecule has 0 aromatic heterocycles. The number of benzene rings is 1. The standard InChI is InChI=1S/C11H12BrFN2O/c12-10-8(7-14)3-4-9(11(10)13)15-5-1-2-6-16/h3-4,15-16H,1-2,5-6H2. The van der Waals surface area contributed by atoms with E-state index < -0.39 is 5.82 Å². The van der Waals surface area contributed by atoms with Crippen molar-refractivity contribution in [2.24, 2.45) is 0 Å². The lowest BCUT2D eigenvalue weighted by molar-refractivity contribution is 0.286. The van der Waals surface area contributed by atoms with Crippen molar-refractivity contribution in [3.05, 3.63) is 28.0 Å². The molecule has 0 aliphatic heterocycles. The van der Waals surface area contributed by atoms with Gasteiger partial charge in [-0.15, -0.1) is 0 Å². The lowest BCUT2D eigenvalue weighted by atomic mass is 10.2. The van der Waals surface area contributed by atoms with Crippen molar-refractivity contribution in [3.8, 4) is 6.07 Å². The monoisotopic (exact) mass is 286 g/mol. The van der Waals surface area contributed by atoms with Crippen molar-refractivity contribution in [2.75, 3.05) is 18.5 Å². The van der Waals surface area contributed by atoms with Gasteiger partial charge in [-0.2, -0.15) is 5.26 Å². The Labute approximate surface area is 102 Å². The average Bonchev–Trinajstić information content (AvgIpc) is 2.30. The molecule has 16 heavy (non-hydrogen) atoms. The summed E-state index contributed by atoms with van der Waals surface area (Å²) in [5.41, 5.74) is 0.641. The second kappa shape index (κ2) is 6.46. The van der Waals surface area contributed by atoms with Crippen molar-refractivity contribution in [1.82, 2.24) is 0 Å². The molecule has 0 aliphatic rings. The van der Waals surface area contributed by atoms with Gasteiger partial charge in [0.25, 0.3) is 0 Å². The number of nitriles is 1. The summed E-state index contributed by atoms with van der Waals surface area (Å²) in [7, 11) is 0. The summed E-state index contributed by atoms with van der Waals surface area (Å²) in [4.78, 5) is 0. The van der Waals surface area contributed by atoms with Gasteiger partial charge < -0.3 is 10.4 Å². The van der Waals surface area contributed by atoms with Gasteiger partial charge in [-0.25, -0.2) is 4.39 Å². The van der Waals surface area contributed by atoms with E-state index in [4.69, 9.17) is 10.4 Å². The second-order valence-electron chi connectivity index (χ2n) is 3.26. The van der Waals surface area contributed by atoms with Gasteiger partial charge in [0.1, 0.15) is 6.07 Å². The molecule has 0 heterocycles. The predicted molar refractivity (Wildman–Crippen MR) is 63.6 cm³/mol. The number of unbranched alkanes of at least 4 members (excludes halogenated alkanes) is 1. The summed E-state index contributed by atoms with van der Waals surface area (Å²) in [5.74, 6) is -0.456. The maximum Gasteiger partial charge on any atom is 0.161 e. The first kappa shape index (κ1) is 12.9. The summed E-state index contributed by atoms with van der Waals surface area (Å²) in [6.45, 7) is 0.733. The minimum Gasteiger partial charge on any atom is -0.396 e. The first-order chi connectivity index (χ1) is 7.70. The van der Waals surface area contributed by atoms with Crippen LogP contribution in [0.3, 0.4) is 0 Å². The molecule has 1 aromatic carbocycles. The van der Waals surface area contributed by atoms with Gasteiger partial charge in [0.05, 0.1) is 15.7 Å². The van der Waals surface area contributed by atoms with Crippen LogP contribution in [-0.2, 0) is 0 Å². The molecular weight excluding hydrogens is 275 g/mol. The fourth-order valence-electron chi connectivity index (χ4n) is 1.23. The highest BCUT2D eigenvalue weighted by atomic mass is 79.9. The minimum absolute atomic E-state index is 0.140. The van der Waals surface area contributed by atoms with Crippen LogP contribution in [0.25, 0.3) is 0 Å². The minimum atomic E-state index is -0.456. The molecule has 0 spiro atoms. The first-order valence-electron chi connectivity index (χ1n) is 4.93. The average molecular weight is 287 g/mol. The third-order valence-electron chi connectivity index (χ3n) is 2.10. The van der Waals surface area contributed by atoms with Gasteiger partial charge in [-0.3, -0.25) is 0 Å². The van der Waals surface area contributed by atoms with Crippen molar-refractivity contribution >= 4 is 21.6 Å². The zero-order valence-electron chi connectivity index (χ0n) is 8.63. The van der Waals surface area contributed by atoms with Crippen LogP contribution >= 0.6 is 15.9 Å². The quantitative estimate of drug-likeness (QED) is 0.818. The lowest BCUT2D eigenvalue weighted by Crippen LogP contribution is -2.04. The smallest absolute Gasteiger partial charge is 0.161 e. The highest BCUT2D eigenvalue weighted by Gasteiger charge is 2.10. The van der Waals surface area contributed by atoms with Gasteiger partial charge >= 0.3 is 0 Å². The first-order valence-corrected chi connectivity index (χ1v) is 5.73. The number of anilines is 1. The fraction of sp³-hybridized carbons (Fsp3) is 0.364. The highest BCUT2D eigenvalue weighted by Crippen LogP contribution is 2.26. The van der Waals surface area contributed by atoms with E-state index in [0.29, 0.717) is 18.7 Å². The summed E-state index contributed by atoms with van der Waals surface area (Å²) >= 11 is 3.04. The fourth-order valence-corrected chi connectivity index (χ4v) is 1.67. The molecule has 2 N–H and O–H groups in total. The molecule has 0 fully saturated rings. The third-order valence-corrected chi connectivity index (χ3v) is 2.88. The summed E-state index contributed by atoms with van der Waals surface area (Å²) in [5, 5.41) is 20.2. The van der Waals surface area contributed by atoms with Crippen LogP contribution in [0.5, 0.6) is 0 Å². The molecule has 86 valence electrons. The van der Waals surface area contributed by atoms with Gasteiger partial charge in [0.15, 0.2) is 5.82 Å². The van der Waals surface area contributed by atoms with E-state index in [-0.39, 0.29) is 16.6 Å². The van der Waals surface area contributed by atoms with E-state index in [0.717, 1.165) is 6.42 Å². The molecule has 0 unspecified atom stereocenters. The number of halogens is 2. The zero-order valence-corrected chi connectivity index (χ0v) is 10.2. The number of nitrogens with one attached hydrogen (secondary N) is 1. The van der Waals surface area contributed by atoms with Crippen molar-refractivity contribution in [2.45, 2.75) is 12.8 Å². The molecule has 0 amide bonds. The number of aliphatic hydroxyl groups excluding tert-OH is 1. The molecule has 0 saturated carbocycles. The molecule has 3 nitrogen and oxygen atoms in total. The normalized spacial score (nSPS) is 9.88. The maximum atomic E-state index is 13.6. The molecule has 1 rings (SSSR count). The maximum absolute atomic E-state index is 13.6. The Kier molecular flexibility index (Phi) is 5.23. The number of rotatable bonds is 5. The van der Waals surface area contributed by atoms with Crippen LogP contribution in [0, 0.1) is 17.1 Å². The van der Waals surface area contributed by atoms with E-state index in [1.807, 2.05) is 6.07 Å². The van der Waals surface area contributed by atoms with E-state index in [2.05, 4.69) is 21.2 Å². The Morgan fingerprint density at radius 2 is 2.19 bits per heavy atom. The molecule has 0 radical (unpaired) electrons. The van der Waals surface area contributed by atoms with E-state index >= 15 is 0 Å². The van der Waals surface area contributed by atoms with Crippen molar-refractivity contribution in [3.63, 3.8) is 0 Å². The predicted octanol–water partition coefficient (Wildman–Crippen LogP) is 2.64. The molecule has 0 atom stereocenters. The van der Waals surface area contributed by atoms with Crippen LogP contribution in [0.1, 0.15) is 18.4 Å². The van der Waals surface area contributed by atoms with Crippen LogP contribution in [0.15, 0.2) is 16.6 Å². The third kappa shape index (κ3) is 3.19. The Bertz CT molecular complexity index is 404. The Balaban J connectivity index is 2.68. The SMILES string of the molecule is N#Cc1ccc(NCCCCO)c(F)c1Br. The topological polar surface area (TPSA) is 56.0 Å².